The summed E-state index contributed by atoms with van der Waals surface area (Å²) in [6, 6.07) is 0. The van der Waals surface area contributed by atoms with E-state index >= 15 is 0 Å². The molecule has 1 unspecified atom stereocenters. The largest absolute Gasteiger partial charge is 0.474 e. The Morgan fingerprint density at radius 1 is 1.29 bits per heavy atom. The first-order chi connectivity index (χ1) is 7.75. The number of nitrogens with zero attached hydrogens (tertiary/aromatic N) is 2. The molecule has 1 aromatic heterocycles. The van der Waals surface area contributed by atoms with Gasteiger partial charge in [-0.15, -0.1) is 0 Å². The summed E-state index contributed by atoms with van der Waals surface area (Å²) in [5.74, 6) is 1.32. The Hall–Kier alpha value is -0.830. The molecule has 1 aromatic rings. The zero-order valence-electron chi connectivity index (χ0n) is 11.5. The molecule has 0 N–H and O–H groups in total. The number of hydrogen-bond acceptors (Lipinski definition) is 3. The fourth-order valence-corrected chi connectivity index (χ4v) is 1.36. The van der Waals surface area contributed by atoms with Crippen LogP contribution in [0.4, 0.5) is 0 Å². The van der Waals surface area contributed by atoms with Crippen LogP contribution in [0.2, 0.25) is 5.15 Å². The van der Waals surface area contributed by atoms with E-state index in [4.69, 9.17) is 16.3 Å². The molecule has 0 amide bonds. The standard InChI is InChI=1S/C13H21ClN2O/c1-7-8(2)17-11-9(3)10(14)15-12(16-11)13(4,5)6/h8H,7H2,1-6H3. The van der Waals surface area contributed by atoms with Crippen molar-refractivity contribution in [3.05, 3.63) is 16.5 Å². The van der Waals surface area contributed by atoms with Crippen molar-refractivity contribution in [2.24, 2.45) is 0 Å². The van der Waals surface area contributed by atoms with Gasteiger partial charge in [-0.3, -0.25) is 0 Å². The van der Waals surface area contributed by atoms with E-state index in [0.29, 0.717) is 16.9 Å². The second-order valence-electron chi connectivity index (χ2n) is 5.35. The van der Waals surface area contributed by atoms with Crippen molar-refractivity contribution in [3.8, 4) is 5.88 Å². The lowest BCUT2D eigenvalue weighted by Crippen LogP contribution is -2.19. The first-order valence-electron chi connectivity index (χ1n) is 5.97. The van der Waals surface area contributed by atoms with Gasteiger partial charge in [-0.25, -0.2) is 4.98 Å². The van der Waals surface area contributed by atoms with Crippen LogP contribution in [0.5, 0.6) is 5.88 Å². The van der Waals surface area contributed by atoms with Gasteiger partial charge in [-0.2, -0.15) is 4.98 Å². The van der Waals surface area contributed by atoms with Crippen molar-refractivity contribution >= 4 is 11.6 Å². The van der Waals surface area contributed by atoms with Gasteiger partial charge in [0, 0.05) is 11.0 Å². The van der Waals surface area contributed by atoms with Crippen LogP contribution in [0, 0.1) is 6.92 Å². The smallest absolute Gasteiger partial charge is 0.221 e. The Bertz CT molecular complexity index is 399. The van der Waals surface area contributed by atoms with Crippen molar-refractivity contribution in [1.29, 1.82) is 0 Å². The highest BCUT2D eigenvalue weighted by atomic mass is 35.5. The Labute approximate surface area is 109 Å². The quantitative estimate of drug-likeness (QED) is 0.769. The minimum Gasteiger partial charge on any atom is -0.474 e. The Balaban J connectivity index is 3.16. The number of halogens is 1. The van der Waals surface area contributed by atoms with Crippen molar-refractivity contribution in [2.45, 2.75) is 59.5 Å². The molecule has 0 bridgehead atoms. The summed E-state index contributed by atoms with van der Waals surface area (Å²) in [4.78, 5) is 8.79. The van der Waals surface area contributed by atoms with Crippen LogP contribution >= 0.6 is 11.6 Å². The van der Waals surface area contributed by atoms with Crippen LogP contribution in [0.1, 0.15) is 52.4 Å². The topological polar surface area (TPSA) is 35.0 Å². The van der Waals surface area contributed by atoms with Crippen LogP contribution in [-0.2, 0) is 5.41 Å². The molecule has 0 saturated heterocycles. The lowest BCUT2D eigenvalue weighted by Gasteiger charge is -2.20. The average molecular weight is 257 g/mol. The molecule has 1 atom stereocenters. The molecule has 96 valence electrons. The van der Waals surface area contributed by atoms with E-state index in [9.17, 15) is 0 Å². The molecule has 17 heavy (non-hydrogen) atoms. The molecule has 0 aliphatic rings. The molecule has 1 heterocycles. The molecule has 0 spiro atoms. The van der Waals surface area contributed by atoms with Crippen molar-refractivity contribution in [1.82, 2.24) is 9.97 Å². The zero-order chi connectivity index (χ0) is 13.2. The number of rotatable bonds is 3. The summed E-state index contributed by atoms with van der Waals surface area (Å²) < 4.78 is 5.78. The molecule has 0 aromatic carbocycles. The first-order valence-corrected chi connectivity index (χ1v) is 6.34. The van der Waals surface area contributed by atoms with Gasteiger partial charge in [-0.05, 0) is 20.3 Å². The highest BCUT2D eigenvalue weighted by Crippen LogP contribution is 2.28. The minimum atomic E-state index is -0.134. The fourth-order valence-electron chi connectivity index (χ4n) is 1.19. The summed E-state index contributed by atoms with van der Waals surface area (Å²) >= 11 is 6.12. The maximum absolute atomic E-state index is 6.12. The summed E-state index contributed by atoms with van der Waals surface area (Å²) in [5.41, 5.74) is 0.671. The van der Waals surface area contributed by atoms with E-state index in [0.717, 1.165) is 12.0 Å². The van der Waals surface area contributed by atoms with E-state index in [1.54, 1.807) is 0 Å². The van der Waals surface area contributed by atoms with Gasteiger partial charge < -0.3 is 4.74 Å². The van der Waals surface area contributed by atoms with Crippen molar-refractivity contribution in [3.63, 3.8) is 0 Å². The van der Waals surface area contributed by atoms with E-state index < -0.39 is 0 Å². The molecule has 1 rings (SSSR count). The molecule has 0 saturated carbocycles. The molecule has 0 fully saturated rings. The van der Waals surface area contributed by atoms with E-state index in [-0.39, 0.29) is 11.5 Å². The molecule has 0 aliphatic carbocycles. The van der Waals surface area contributed by atoms with Gasteiger partial charge in [0.05, 0.1) is 6.10 Å². The third-order valence-corrected chi connectivity index (χ3v) is 2.97. The highest BCUT2D eigenvalue weighted by Gasteiger charge is 2.21. The van der Waals surface area contributed by atoms with Gasteiger partial charge in [-0.1, -0.05) is 39.3 Å². The Kier molecular flexibility index (Phi) is 4.36. The third kappa shape index (κ3) is 3.56. The summed E-state index contributed by atoms with van der Waals surface area (Å²) in [6.45, 7) is 12.1. The van der Waals surface area contributed by atoms with E-state index in [1.807, 2.05) is 13.8 Å². The van der Waals surface area contributed by atoms with E-state index in [1.165, 1.54) is 0 Å². The Morgan fingerprint density at radius 3 is 2.35 bits per heavy atom. The van der Waals surface area contributed by atoms with Gasteiger partial charge in [0.1, 0.15) is 11.0 Å². The van der Waals surface area contributed by atoms with Crippen LogP contribution < -0.4 is 4.74 Å². The summed E-state index contributed by atoms with van der Waals surface area (Å²) in [6.07, 6.45) is 1.07. The molecule has 0 aliphatic heterocycles. The molecule has 0 radical (unpaired) electrons. The van der Waals surface area contributed by atoms with Crippen LogP contribution in [0.3, 0.4) is 0 Å². The molecular weight excluding hydrogens is 236 g/mol. The molecule has 4 heteroatoms. The number of hydrogen-bond donors (Lipinski definition) is 0. The second kappa shape index (κ2) is 5.21. The summed E-state index contributed by atoms with van der Waals surface area (Å²) in [7, 11) is 0. The van der Waals surface area contributed by atoms with Crippen LogP contribution in [0.15, 0.2) is 0 Å². The maximum atomic E-state index is 6.12. The van der Waals surface area contributed by atoms with Gasteiger partial charge in [0.2, 0.25) is 5.88 Å². The second-order valence-corrected chi connectivity index (χ2v) is 5.71. The SMILES string of the molecule is CCC(C)Oc1nc(C(C)(C)C)nc(Cl)c1C. The number of aromatic nitrogens is 2. The Morgan fingerprint density at radius 2 is 1.88 bits per heavy atom. The highest BCUT2D eigenvalue weighted by molar-refractivity contribution is 6.30. The van der Waals surface area contributed by atoms with E-state index in [2.05, 4.69) is 37.7 Å². The van der Waals surface area contributed by atoms with Gasteiger partial charge in [0.25, 0.3) is 0 Å². The predicted molar refractivity (Wildman–Crippen MR) is 70.9 cm³/mol. The lowest BCUT2D eigenvalue weighted by atomic mass is 9.96. The lowest BCUT2D eigenvalue weighted by molar-refractivity contribution is 0.205. The monoisotopic (exact) mass is 256 g/mol. The molecule has 3 nitrogen and oxygen atoms in total. The first kappa shape index (κ1) is 14.2. The van der Waals surface area contributed by atoms with Crippen LogP contribution in [-0.4, -0.2) is 16.1 Å². The van der Waals surface area contributed by atoms with Crippen molar-refractivity contribution in [2.75, 3.05) is 0 Å². The minimum absolute atomic E-state index is 0.132. The fraction of sp³-hybridized carbons (Fsp3) is 0.692. The third-order valence-electron chi connectivity index (χ3n) is 2.60. The maximum Gasteiger partial charge on any atom is 0.221 e. The average Bonchev–Trinajstić information content (AvgIpc) is 2.22. The summed E-state index contributed by atoms with van der Waals surface area (Å²) in [5, 5.41) is 0.475. The normalized spacial score (nSPS) is 13.6. The number of ether oxygens (including phenoxy) is 1. The molecular formula is C13H21ClN2O. The predicted octanol–water partition coefficient (Wildman–Crippen LogP) is 3.91. The van der Waals surface area contributed by atoms with Gasteiger partial charge >= 0.3 is 0 Å². The van der Waals surface area contributed by atoms with Gasteiger partial charge in [0.15, 0.2) is 0 Å². The van der Waals surface area contributed by atoms with Crippen LogP contribution in [0.25, 0.3) is 0 Å². The van der Waals surface area contributed by atoms with Crippen molar-refractivity contribution < 1.29 is 4.74 Å². The zero-order valence-corrected chi connectivity index (χ0v) is 12.2.